The third kappa shape index (κ3) is 3.92. The first-order chi connectivity index (χ1) is 9.00. The zero-order valence-electron chi connectivity index (χ0n) is 10.9. The van der Waals surface area contributed by atoms with E-state index < -0.39 is 15.9 Å². The van der Waals surface area contributed by atoms with Crippen molar-refractivity contribution >= 4 is 9.84 Å². The van der Waals surface area contributed by atoms with Crippen LogP contribution in [0.3, 0.4) is 0 Å². The Hall–Kier alpha value is -1.11. The summed E-state index contributed by atoms with van der Waals surface area (Å²) in [5.41, 5.74) is 1.14. The molecule has 0 radical (unpaired) electrons. The van der Waals surface area contributed by atoms with Crippen LogP contribution in [-0.4, -0.2) is 50.8 Å². The Kier molecular flexibility index (Phi) is 4.44. The van der Waals surface area contributed by atoms with Crippen molar-refractivity contribution in [3.8, 4) is 5.75 Å². The van der Waals surface area contributed by atoms with Crippen LogP contribution in [-0.2, 0) is 16.3 Å². The molecular formula is C13H19NO4S. The van der Waals surface area contributed by atoms with E-state index in [-0.39, 0.29) is 17.5 Å². The van der Waals surface area contributed by atoms with Crippen molar-refractivity contribution in [2.24, 2.45) is 0 Å². The largest absolute Gasteiger partial charge is 0.497 e. The third-order valence-electron chi connectivity index (χ3n) is 3.30. The molecule has 19 heavy (non-hydrogen) atoms. The van der Waals surface area contributed by atoms with E-state index in [2.05, 4.69) is 5.32 Å². The molecule has 2 N–H and O–H groups in total. The van der Waals surface area contributed by atoms with Crippen LogP contribution in [0, 0.1) is 0 Å². The highest BCUT2D eigenvalue weighted by Gasteiger charge is 2.35. The molecule has 1 fully saturated rings. The maximum Gasteiger partial charge on any atom is 0.154 e. The van der Waals surface area contributed by atoms with Crippen molar-refractivity contribution in [1.29, 1.82) is 0 Å². The molecule has 1 aliphatic rings. The second kappa shape index (κ2) is 5.90. The van der Waals surface area contributed by atoms with Gasteiger partial charge in [-0.05, 0) is 30.7 Å². The smallest absolute Gasteiger partial charge is 0.154 e. The number of aliphatic hydroxyl groups is 1. The van der Waals surface area contributed by atoms with Crippen molar-refractivity contribution in [2.45, 2.75) is 18.6 Å². The highest BCUT2D eigenvalue weighted by Crippen LogP contribution is 2.13. The molecule has 0 aliphatic carbocycles. The number of aliphatic hydroxyl groups excluding tert-OH is 1. The molecular weight excluding hydrogens is 266 g/mol. The number of hydrogen-bond donors (Lipinski definition) is 2. The quantitative estimate of drug-likeness (QED) is 0.795. The summed E-state index contributed by atoms with van der Waals surface area (Å²) in [4.78, 5) is 0. The first-order valence-corrected chi connectivity index (χ1v) is 8.07. The Bertz CT molecular complexity index is 512. The fourth-order valence-electron chi connectivity index (χ4n) is 2.22. The van der Waals surface area contributed by atoms with Crippen LogP contribution in [0.4, 0.5) is 0 Å². The van der Waals surface area contributed by atoms with Gasteiger partial charge in [-0.3, -0.25) is 0 Å². The zero-order chi connectivity index (χ0) is 13.9. The Morgan fingerprint density at radius 1 is 1.32 bits per heavy atom. The molecule has 1 heterocycles. The van der Waals surface area contributed by atoms with Crippen LogP contribution in [0.1, 0.15) is 5.56 Å². The van der Waals surface area contributed by atoms with E-state index in [9.17, 15) is 13.5 Å². The molecule has 1 saturated heterocycles. The molecule has 5 nitrogen and oxygen atoms in total. The van der Waals surface area contributed by atoms with Crippen LogP contribution in [0.2, 0.25) is 0 Å². The summed E-state index contributed by atoms with van der Waals surface area (Å²) in [5.74, 6) is 0.707. The fourth-order valence-corrected chi connectivity index (χ4v) is 3.99. The molecule has 0 spiro atoms. The summed E-state index contributed by atoms with van der Waals surface area (Å²) in [5, 5.41) is 12.7. The van der Waals surface area contributed by atoms with E-state index in [0.717, 1.165) is 17.7 Å². The average Bonchev–Trinajstić information content (AvgIpc) is 2.63. The van der Waals surface area contributed by atoms with Gasteiger partial charge in [0.2, 0.25) is 0 Å². The van der Waals surface area contributed by atoms with Crippen molar-refractivity contribution in [3.05, 3.63) is 29.8 Å². The topological polar surface area (TPSA) is 75.6 Å². The molecule has 1 aromatic carbocycles. The van der Waals surface area contributed by atoms with Crippen LogP contribution >= 0.6 is 0 Å². The molecule has 106 valence electrons. The van der Waals surface area contributed by atoms with Crippen molar-refractivity contribution < 1.29 is 18.3 Å². The lowest BCUT2D eigenvalue weighted by molar-refractivity contribution is 0.166. The molecule has 0 amide bonds. The van der Waals surface area contributed by atoms with Crippen molar-refractivity contribution in [1.82, 2.24) is 5.32 Å². The number of sulfone groups is 1. The number of ether oxygens (including phenoxy) is 1. The Labute approximate surface area is 113 Å². The summed E-state index contributed by atoms with van der Waals surface area (Å²) in [6.07, 6.45) is -0.00588. The van der Waals surface area contributed by atoms with Gasteiger partial charge in [-0.2, -0.15) is 0 Å². The first kappa shape index (κ1) is 14.3. The van der Waals surface area contributed by atoms with E-state index in [1.807, 2.05) is 24.3 Å². The van der Waals surface area contributed by atoms with E-state index in [1.165, 1.54) is 0 Å². The number of nitrogens with one attached hydrogen (secondary N) is 1. The Morgan fingerprint density at radius 3 is 2.53 bits per heavy atom. The molecule has 2 unspecified atom stereocenters. The van der Waals surface area contributed by atoms with Crippen molar-refractivity contribution in [2.75, 3.05) is 25.2 Å². The van der Waals surface area contributed by atoms with Crippen LogP contribution in [0.25, 0.3) is 0 Å². The summed E-state index contributed by atoms with van der Waals surface area (Å²) >= 11 is 0. The van der Waals surface area contributed by atoms with Gasteiger partial charge in [0.25, 0.3) is 0 Å². The standard InChI is InChI=1S/C13H19NO4S/c1-18-11-4-2-10(3-5-11)6-7-14-12-8-19(16,17)9-13(12)15/h2-5,12-15H,6-9H2,1H3. The maximum atomic E-state index is 11.3. The van der Waals surface area contributed by atoms with E-state index in [4.69, 9.17) is 4.74 Å². The number of benzene rings is 1. The molecule has 0 saturated carbocycles. The van der Waals surface area contributed by atoms with E-state index in [1.54, 1.807) is 7.11 Å². The predicted molar refractivity (Wildman–Crippen MR) is 73.1 cm³/mol. The number of hydrogen-bond acceptors (Lipinski definition) is 5. The van der Waals surface area contributed by atoms with Gasteiger partial charge < -0.3 is 15.2 Å². The van der Waals surface area contributed by atoms with Crippen LogP contribution in [0.15, 0.2) is 24.3 Å². The van der Waals surface area contributed by atoms with Gasteiger partial charge in [0.05, 0.1) is 24.7 Å². The maximum absolute atomic E-state index is 11.3. The minimum Gasteiger partial charge on any atom is -0.497 e. The molecule has 0 bridgehead atoms. The van der Waals surface area contributed by atoms with Gasteiger partial charge in [0.1, 0.15) is 5.75 Å². The average molecular weight is 285 g/mol. The normalized spacial score (nSPS) is 25.4. The highest BCUT2D eigenvalue weighted by molar-refractivity contribution is 7.91. The lowest BCUT2D eigenvalue weighted by Crippen LogP contribution is -2.39. The SMILES string of the molecule is COc1ccc(CCNC2CS(=O)(=O)CC2O)cc1. The zero-order valence-corrected chi connectivity index (χ0v) is 11.7. The molecule has 2 atom stereocenters. The first-order valence-electron chi connectivity index (χ1n) is 6.25. The highest BCUT2D eigenvalue weighted by atomic mass is 32.2. The summed E-state index contributed by atoms with van der Waals surface area (Å²) in [6.45, 7) is 0.642. The minimum absolute atomic E-state index is 0.0246. The lowest BCUT2D eigenvalue weighted by atomic mass is 10.1. The molecule has 1 aromatic rings. The van der Waals surface area contributed by atoms with Crippen molar-refractivity contribution in [3.63, 3.8) is 0 Å². The Balaban J connectivity index is 1.80. The second-order valence-electron chi connectivity index (χ2n) is 4.80. The third-order valence-corrected chi connectivity index (χ3v) is 5.02. The summed E-state index contributed by atoms with van der Waals surface area (Å²) in [7, 11) is -1.45. The van der Waals surface area contributed by atoms with Gasteiger partial charge in [0, 0.05) is 6.04 Å². The summed E-state index contributed by atoms with van der Waals surface area (Å²) < 4.78 is 27.8. The number of rotatable bonds is 5. The molecule has 2 rings (SSSR count). The van der Waals surface area contributed by atoms with Crippen LogP contribution < -0.4 is 10.1 Å². The number of methoxy groups -OCH3 is 1. The fraction of sp³-hybridized carbons (Fsp3) is 0.538. The molecule has 6 heteroatoms. The molecule has 1 aliphatic heterocycles. The lowest BCUT2D eigenvalue weighted by Gasteiger charge is -2.14. The van der Waals surface area contributed by atoms with E-state index in [0.29, 0.717) is 6.54 Å². The Morgan fingerprint density at radius 2 is 2.00 bits per heavy atom. The molecule has 0 aromatic heterocycles. The minimum atomic E-state index is -3.08. The van der Waals surface area contributed by atoms with Gasteiger partial charge >= 0.3 is 0 Å². The van der Waals surface area contributed by atoms with Gasteiger partial charge in [0.15, 0.2) is 9.84 Å². The van der Waals surface area contributed by atoms with E-state index >= 15 is 0 Å². The monoisotopic (exact) mass is 285 g/mol. The van der Waals surface area contributed by atoms with Gasteiger partial charge in [-0.1, -0.05) is 12.1 Å². The summed E-state index contributed by atoms with van der Waals surface area (Å²) in [6, 6.07) is 7.39. The van der Waals surface area contributed by atoms with Gasteiger partial charge in [-0.15, -0.1) is 0 Å². The predicted octanol–water partition coefficient (Wildman–Crippen LogP) is -0.0148. The van der Waals surface area contributed by atoms with Crippen LogP contribution in [0.5, 0.6) is 5.75 Å². The second-order valence-corrected chi connectivity index (χ2v) is 6.96. The van der Waals surface area contributed by atoms with Gasteiger partial charge in [-0.25, -0.2) is 8.42 Å².